The Hall–Kier alpha value is -1.32. The molecule has 0 atom stereocenters. The molecule has 0 aromatic heterocycles. The van der Waals surface area contributed by atoms with Gasteiger partial charge in [0.15, 0.2) is 0 Å². The summed E-state index contributed by atoms with van der Waals surface area (Å²) in [6, 6.07) is 12.1. The molecule has 0 saturated carbocycles. The van der Waals surface area contributed by atoms with Crippen molar-refractivity contribution < 1.29 is 9.53 Å². The summed E-state index contributed by atoms with van der Waals surface area (Å²) in [5.74, 6) is 0.139. The Bertz CT molecular complexity index is 579. The summed E-state index contributed by atoms with van der Waals surface area (Å²) < 4.78 is 6.23. The van der Waals surface area contributed by atoms with Gasteiger partial charge in [0.05, 0.1) is 5.56 Å². The maximum Gasteiger partial charge on any atom is 0.343 e. The number of carbonyl (C=O) groups is 1. The molecule has 2 rings (SSSR count). The molecule has 0 N–H and O–H groups in total. The molecule has 0 fully saturated rings. The van der Waals surface area contributed by atoms with Gasteiger partial charge in [0.25, 0.3) is 0 Å². The molecule has 0 saturated heterocycles. The number of hydrogen-bond acceptors (Lipinski definition) is 2. The third-order valence-electron chi connectivity index (χ3n) is 2.42. The minimum Gasteiger partial charge on any atom is -0.423 e. The minimum absolute atomic E-state index is 0.382. The van der Waals surface area contributed by atoms with Crippen molar-refractivity contribution in [2.24, 2.45) is 0 Å². The molecule has 0 aliphatic heterocycles. The highest BCUT2D eigenvalue weighted by atomic mass is 79.9. The van der Waals surface area contributed by atoms with Crippen LogP contribution in [0, 0.1) is 6.92 Å². The fourth-order valence-electron chi connectivity index (χ4n) is 1.47. The van der Waals surface area contributed by atoms with Gasteiger partial charge in [-0.15, -0.1) is 0 Å². The molecule has 0 aliphatic rings. The average molecular weight is 326 g/mol. The van der Waals surface area contributed by atoms with Gasteiger partial charge in [0.1, 0.15) is 5.75 Å². The first-order chi connectivity index (χ1) is 8.56. The Morgan fingerprint density at radius 3 is 2.44 bits per heavy atom. The van der Waals surface area contributed by atoms with Crippen LogP contribution in [0.5, 0.6) is 5.75 Å². The number of carbonyl (C=O) groups excluding carboxylic acids is 1. The highest BCUT2D eigenvalue weighted by Crippen LogP contribution is 2.23. The molecule has 0 unspecified atom stereocenters. The molecular formula is C14H10BrClO2. The second-order valence-electron chi connectivity index (χ2n) is 3.81. The van der Waals surface area contributed by atoms with Gasteiger partial charge in [-0.3, -0.25) is 0 Å². The normalized spacial score (nSPS) is 10.2. The van der Waals surface area contributed by atoms with Crippen LogP contribution in [0.4, 0.5) is 0 Å². The minimum atomic E-state index is -0.382. The standard InChI is InChI=1S/C14H10BrClO2/c1-9-8-12(16)6-7-13(9)18-14(17)10-2-4-11(15)5-3-10/h2-8H,1H3. The molecule has 0 radical (unpaired) electrons. The van der Waals surface area contributed by atoms with E-state index in [1.54, 1.807) is 42.5 Å². The first kappa shape index (κ1) is 13.1. The number of aryl methyl sites for hydroxylation is 1. The van der Waals surface area contributed by atoms with E-state index in [1.165, 1.54) is 0 Å². The third-order valence-corrected chi connectivity index (χ3v) is 3.18. The van der Waals surface area contributed by atoms with Crippen LogP contribution < -0.4 is 4.74 Å². The lowest BCUT2D eigenvalue weighted by atomic mass is 10.2. The van der Waals surface area contributed by atoms with Crippen LogP contribution in [0.25, 0.3) is 0 Å². The van der Waals surface area contributed by atoms with Crippen molar-refractivity contribution in [3.8, 4) is 5.75 Å². The Morgan fingerprint density at radius 2 is 1.83 bits per heavy atom. The van der Waals surface area contributed by atoms with Crippen LogP contribution in [0.2, 0.25) is 5.02 Å². The van der Waals surface area contributed by atoms with Crippen LogP contribution in [-0.2, 0) is 0 Å². The molecule has 0 spiro atoms. The maximum atomic E-state index is 11.9. The SMILES string of the molecule is Cc1cc(Cl)ccc1OC(=O)c1ccc(Br)cc1. The van der Waals surface area contributed by atoms with E-state index in [1.807, 2.05) is 6.92 Å². The first-order valence-electron chi connectivity index (χ1n) is 5.30. The lowest BCUT2D eigenvalue weighted by Gasteiger charge is -2.07. The number of rotatable bonds is 2. The summed E-state index contributed by atoms with van der Waals surface area (Å²) in [4.78, 5) is 11.9. The lowest BCUT2D eigenvalue weighted by molar-refractivity contribution is 0.0733. The van der Waals surface area contributed by atoms with Crippen molar-refractivity contribution in [3.05, 3.63) is 63.1 Å². The van der Waals surface area contributed by atoms with E-state index in [2.05, 4.69) is 15.9 Å². The van der Waals surface area contributed by atoms with Crippen molar-refractivity contribution in [1.29, 1.82) is 0 Å². The Labute approximate surface area is 119 Å². The van der Waals surface area contributed by atoms with E-state index in [9.17, 15) is 4.79 Å². The molecule has 2 nitrogen and oxygen atoms in total. The summed E-state index contributed by atoms with van der Waals surface area (Å²) in [5, 5.41) is 0.621. The topological polar surface area (TPSA) is 26.3 Å². The summed E-state index contributed by atoms with van der Waals surface area (Å²) in [6.45, 7) is 1.84. The summed E-state index contributed by atoms with van der Waals surface area (Å²) in [5.41, 5.74) is 1.33. The summed E-state index contributed by atoms with van der Waals surface area (Å²) in [6.07, 6.45) is 0. The van der Waals surface area contributed by atoms with Gasteiger partial charge in [-0.2, -0.15) is 0 Å². The van der Waals surface area contributed by atoms with Gasteiger partial charge in [-0.05, 0) is 55.0 Å². The molecule has 0 amide bonds. The van der Waals surface area contributed by atoms with Crippen LogP contribution in [-0.4, -0.2) is 5.97 Å². The fourth-order valence-corrected chi connectivity index (χ4v) is 1.96. The van der Waals surface area contributed by atoms with E-state index < -0.39 is 0 Å². The average Bonchev–Trinajstić information content (AvgIpc) is 2.33. The van der Waals surface area contributed by atoms with E-state index in [4.69, 9.17) is 16.3 Å². The smallest absolute Gasteiger partial charge is 0.343 e. The molecule has 4 heteroatoms. The number of halogens is 2. The van der Waals surface area contributed by atoms with Crippen molar-refractivity contribution >= 4 is 33.5 Å². The molecule has 2 aromatic carbocycles. The maximum absolute atomic E-state index is 11.9. The highest BCUT2D eigenvalue weighted by Gasteiger charge is 2.10. The van der Waals surface area contributed by atoms with Gasteiger partial charge < -0.3 is 4.74 Å². The third kappa shape index (κ3) is 3.12. The zero-order valence-corrected chi connectivity index (χ0v) is 12.0. The zero-order chi connectivity index (χ0) is 13.1. The molecule has 0 aliphatic carbocycles. The molecule has 0 bridgehead atoms. The van der Waals surface area contributed by atoms with Crippen molar-refractivity contribution in [2.75, 3.05) is 0 Å². The van der Waals surface area contributed by atoms with Crippen LogP contribution >= 0.6 is 27.5 Å². The van der Waals surface area contributed by atoms with E-state index >= 15 is 0 Å². The molecule has 0 heterocycles. The number of ether oxygens (including phenoxy) is 1. The van der Waals surface area contributed by atoms with Crippen LogP contribution in [0.1, 0.15) is 15.9 Å². The Balaban J connectivity index is 2.18. The van der Waals surface area contributed by atoms with Gasteiger partial charge in [-0.25, -0.2) is 4.79 Å². The van der Waals surface area contributed by atoms with E-state index in [0.717, 1.165) is 10.0 Å². The molecule has 2 aromatic rings. The number of benzene rings is 2. The Kier molecular flexibility index (Phi) is 4.04. The van der Waals surface area contributed by atoms with Crippen molar-refractivity contribution in [3.63, 3.8) is 0 Å². The second kappa shape index (κ2) is 5.55. The first-order valence-corrected chi connectivity index (χ1v) is 6.47. The van der Waals surface area contributed by atoms with Crippen molar-refractivity contribution in [1.82, 2.24) is 0 Å². The highest BCUT2D eigenvalue weighted by molar-refractivity contribution is 9.10. The van der Waals surface area contributed by atoms with E-state index in [-0.39, 0.29) is 5.97 Å². The quantitative estimate of drug-likeness (QED) is 0.594. The van der Waals surface area contributed by atoms with Crippen LogP contribution in [0.15, 0.2) is 46.9 Å². The van der Waals surface area contributed by atoms with Gasteiger partial charge >= 0.3 is 5.97 Å². The fraction of sp³-hybridized carbons (Fsp3) is 0.0714. The van der Waals surface area contributed by atoms with Crippen LogP contribution in [0.3, 0.4) is 0 Å². The van der Waals surface area contributed by atoms with Gasteiger partial charge in [0, 0.05) is 9.50 Å². The van der Waals surface area contributed by atoms with Gasteiger partial charge in [0.2, 0.25) is 0 Å². The molecule has 92 valence electrons. The van der Waals surface area contributed by atoms with E-state index in [0.29, 0.717) is 16.3 Å². The largest absolute Gasteiger partial charge is 0.423 e. The summed E-state index contributed by atoms with van der Waals surface area (Å²) >= 11 is 9.16. The number of esters is 1. The molecule has 18 heavy (non-hydrogen) atoms. The lowest BCUT2D eigenvalue weighted by Crippen LogP contribution is -2.09. The second-order valence-corrected chi connectivity index (χ2v) is 5.16. The summed E-state index contributed by atoms with van der Waals surface area (Å²) in [7, 11) is 0. The predicted octanol–water partition coefficient (Wildman–Crippen LogP) is 4.63. The van der Waals surface area contributed by atoms with Crippen molar-refractivity contribution in [2.45, 2.75) is 6.92 Å². The van der Waals surface area contributed by atoms with Gasteiger partial charge in [-0.1, -0.05) is 27.5 Å². The predicted molar refractivity (Wildman–Crippen MR) is 75.3 cm³/mol. The number of hydrogen-bond donors (Lipinski definition) is 0. The zero-order valence-electron chi connectivity index (χ0n) is 9.61. The Morgan fingerprint density at radius 1 is 1.17 bits per heavy atom. The monoisotopic (exact) mass is 324 g/mol. The molecular weight excluding hydrogens is 316 g/mol.